The Hall–Kier alpha value is -0.838. The Kier molecular flexibility index (Phi) is 5.33. The zero-order valence-electron chi connectivity index (χ0n) is 17.5. The van der Waals surface area contributed by atoms with Crippen molar-refractivity contribution in [1.82, 2.24) is 0 Å². The molecule has 0 radical (unpaired) electrons. The average molecular weight is 370 g/mol. The van der Waals surface area contributed by atoms with Crippen molar-refractivity contribution >= 4 is 20.4 Å². The zero-order chi connectivity index (χ0) is 19.2. The smallest absolute Gasteiger partial charge is 0.400 e. The molecule has 1 heterocycles. The van der Waals surface area contributed by atoms with Gasteiger partial charge in [-0.1, -0.05) is 61.5 Å². The predicted octanol–water partition coefficient (Wildman–Crippen LogP) is 5.35. The van der Waals surface area contributed by atoms with Gasteiger partial charge >= 0.3 is 7.12 Å². The molecule has 2 atom stereocenters. The highest BCUT2D eigenvalue weighted by Crippen LogP contribution is 2.45. The highest BCUT2D eigenvalue weighted by Gasteiger charge is 2.53. The summed E-state index contributed by atoms with van der Waals surface area (Å²) in [6.45, 7) is 18.0. The lowest BCUT2D eigenvalue weighted by molar-refractivity contribution is 0.00578. The molecule has 1 saturated carbocycles. The Morgan fingerprint density at radius 1 is 1.04 bits per heavy atom. The largest absolute Gasteiger partial charge is 0.490 e. The van der Waals surface area contributed by atoms with Crippen LogP contribution >= 0.6 is 0 Å². The van der Waals surface area contributed by atoms with Crippen LogP contribution < -0.4 is 5.19 Å². The van der Waals surface area contributed by atoms with Gasteiger partial charge in [-0.2, -0.15) is 0 Å². The van der Waals surface area contributed by atoms with Gasteiger partial charge in [0.05, 0.1) is 19.3 Å². The minimum Gasteiger partial charge on any atom is -0.400 e. The van der Waals surface area contributed by atoms with Gasteiger partial charge < -0.3 is 9.31 Å². The first-order valence-electron chi connectivity index (χ1n) is 10.1. The first-order valence-corrected chi connectivity index (χ1v) is 13.2. The molecule has 1 aliphatic carbocycles. The van der Waals surface area contributed by atoms with E-state index in [4.69, 9.17) is 9.31 Å². The van der Waals surface area contributed by atoms with Crippen LogP contribution in [0.1, 0.15) is 53.4 Å². The lowest BCUT2D eigenvalue weighted by Crippen LogP contribution is -2.47. The minimum atomic E-state index is -1.49. The molecular formula is C22H35BO2Si. The van der Waals surface area contributed by atoms with E-state index in [-0.39, 0.29) is 18.3 Å². The van der Waals surface area contributed by atoms with Crippen molar-refractivity contribution in [2.75, 3.05) is 0 Å². The van der Waals surface area contributed by atoms with E-state index >= 15 is 0 Å². The number of hydrogen-bond acceptors (Lipinski definition) is 2. The summed E-state index contributed by atoms with van der Waals surface area (Å²) in [6.07, 6.45) is 5.09. The third-order valence-corrected chi connectivity index (χ3v) is 11.7. The fourth-order valence-corrected chi connectivity index (χ4v) is 7.79. The fraction of sp³-hybridized carbons (Fsp3) is 0.636. The SMILES string of the molecule is C=C(B1OC(C)(C)C(C)(C)O1)C1CCCC([Si](C)(C)c2ccccc2)C1. The summed E-state index contributed by atoms with van der Waals surface area (Å²) < 4.78 is 12.5. The quantitative estimate of drug-likeness (QED) is 0.665. The van der Waals surface area contributed by atoms with Crippen molar-refractivity contribution in [3.8, 4) is 0 Å². The molecule has 1 aromatic rings. The number of benzene rings is 1. The van der Waals surface area contributed by atoms with Crippen molar-refractivity contribution in [1.29, 1.82) is 0 Å². The molecule has 3 rings (SSSR count). The fourth-order valence-electron chi connectivity index (χ4n) is 4.47. The van der Waals surface area contributed by atoms with Crippen LogP contribution in [0.4, 0.5) is 0 Å². The van der Waals surface area contributed by atoms with Gasteiger partial charge in [0.2, 0.25) is 0 Å². The van der Waals surface area contributed by atoms with E-state index in [1.807, 2.05) is 0 Å². The monoisotopic (exact) mass is 370 g/mol. The van der Waals surface area contributed by atoms with Crippen molar-refractivity contribution < 1.29 is 9.31 Å². The highest BCUT2D eigenvalue weighted by atomic mass is 28.3. The van der Waals surface area contributed by atoms with Crippen LogP contribution in [-0.4, -0.2) is 26.4 Å². The van der Waals surface area contributed by atoms with Crippen LogP contribution in [0.5, 0.6) is 0 Å². The molecule has 1 saturated heterocycles. The van der Waals surface area contributed by atoms with E-state index in [2.05, 4.69) is 77.7 Å². The van der Waals surface area contributed by atoms with Gasteiger partial charge in [-0.3, -0.25) is 0 Å². The summed E-state index contributed by atoms with van der Waals surface area (Å²) in [6, 6.07) is 11.2. The molecule has 0 amide bonds. The van der Waals surface area contributed by atoms with Crippen LogP contribution in [0.15, 0.2) is 42.4 Å². The second-order valence-electron chi connectivity index (χ2n) is 9.81. The molecular weight excluding hydrogens is 335 g/mol. The Morgan fingerprint density at radius 2 is 1.62 bits per heavy atom. The molecule has 1 aliphatic heterocycles. The first-order chi connectivity index (χ1) is 12.0. The second kappa shape index (κ2) is 6.96. The van der Waals surface area contributed by atoms with E-state index in [0.717, 1.165) is 11.0 Å². The molecule has 2 unspecified atom stereocenters. The molecule has 0 N–H and O–H groups in total. The number of hydrogen-bond donors (Lipinski definition) is 0. The summed E-state index contributed by atoms with van der Waals surface area (Å²) in [4.78, 5) is 0. The van der Waals surface area contributed by atoms with Gasteiger partial charge in [0.15, 0.2) is 0 Å². The predicted molar refractivity (Wildman–Crippen MR) is 114 cm³/mol. The standard InChI is InChI=1S/C22H35BO2Si/c1-17(23-24-21(2,3)22(4,5)25-23)18-12-11-15-20(16-18)26(6,7)19-13-9-8-10-14-19/h8-10,13-14,18,20H,1,11-12,15-16H2,2-7H3. The Morgan fingerprint density at radius 3 is 2.19 bits per heavy atom. The Bertz CT molecular complexity index is 637. The van der Waals surface area contributed by atoms with E-state index in [1.54, 1.807) is 5.19 Å². The Labute approximate surface area is 161 Å². The lowest BCUT2D eigenvalue weighted by atomic mass is 9.67. The van der Waals surface area contributed by atoms with Crippen LogP contribution in [0.2, 0.25) is 18.6 Å². The van der Waals surface area contributed by atoms with E-state index in [1.165, 1.54) is 25.7 Å². The third kappa shape index (κ3) is 3.61. The summed E-state index contributed by atoms with van der Waals surface area (Å²) >= 11 is 0. The number of allylic oxidation sites excluding steroid dienone is 1. The molecule has 4 heteroatoms. The minimum absolute atomic E-state index is 0.259. The van der Waals surface area contributed by atoms with Crippen LogP contribution in [-0.2, 0) is 9.31 Å². The summed E-state index contributed by atoms with van der Waals surface area (Å²) in [5.41, 5.74) is 1.38. The molecule has 2 fully saturated rings. The first kappa shape index (κ1) is 19.9. The maximum Gasteiger partial charge on any atom is 0.490 e. The van der Waals surface area contributed by atoms with Crippen LogP contribution in [0, 0.1) is 5.92 Å². The summed E-state index contributed by atoms with van der Waals surface area (Å²) in [5, 5.41) is 1.58. The lowest BCUT2D eigenvalue weighted by Gasteiger charge is -2.40. The van der Waals surface area contributed by atoms with Gasteiger partial charge in [-0.25, -0.2) is 0 Å². The Balaban J connectivity index is 1.72. The molecule has 2 nitrogen and oxygen atoms in total. The van der Waals surface area contributed by atoms with Gasteiger partial charge in [0, 0.05) is 0 Å². The molecule has 26 heavy (non-hydrogen) atoms. The molecule has 0 spiro atoms. The van der Waals surface area contributed by atoms with E-state index < -0.39 is 8.07 Å². The topological polar surface area (TPSA) is 18.5 Å². The normalized spacial score (nSPS) is 28.2. The third-order valence-electron chi connectivity index (χ3n) is 7.29. The zero-order valence-corrected chi connectivity index (χ0v) is 18.5. The van der Waals surface area contributed by atoms with Crippen molar-refractivity contribution in [3.63, 3.8) is 0 Å². The van der Waals surface area contributed by atoms with Crippen LogP contribution in [0.3, 0.4) is 0 Å². The second-order valence-corrected chi connectivity index (χ2v) is 14.6. The van der Waals surface area contributed by atoms with Crippen molar-refractivity contribution in [2.45, 2.75) is 83.2 Å². The molecule has 0 bridgehead atoms. The average Bonchev–Trinajstić information content (AvgIpc) is 2.83. The van der Waals surface area contributed by atoms with Gasteiger partial charge in [0.1, 0.15) is 0 Å². The maximum atomic E-state index is 6.27. The molecule has 0 aromatic heterocycles. The highest BCUT2D eigenvalue weighted by molar-refractivity contribution is 6.91. The maximum absolute atomic E-state index is 6.27. The van der Waals surface area contributed by atoms with Crippen molar-refractivity contribution in [2.24, 2.45) is 5.92 Å². The van der Waals surface area contributed by atoms with E-state index in [9.17, 15) is 0 Å². The number of rotatable bonds is 4. The van der Waals surface area contributed by atoms with E-state index in [0.29, 0.717) is 5.92 Å². The summed E-state index contributed by atoms with van der Waals surface area (Å²) in [5.74, 6) is 0.513. The molecule has 2 aliphatic rings. The summed E-state index contributed by atoms with van der Waals surface area (Å²) in [7, 11) is -1.74. The van der Waals surface area contributed by atoms with Gasteiger partial charge in [0.25, 0.3) is 0 Å². The molecule has 1 aromatic carbocycles. The van der Waals surface area contributed by atoms with Gasteiger partial charge in [-0.15, -0.1) is 6.58 Å². The van der Waals surface area contributed by atoms with Crippen LogP contribution in [0.25, 0.3) is 0 Å². The van der Waals surface area contributed by atoms with Gasteiger partial charge in [-0.05, 0) is 57.5 Å². The van der Waals surface area contributed by atoms with Crippen molar-refractivity contribution in [3.05, 3.63) is 42.4 Å². The molecule has 142 valence electrons.